The minimum absolute atomic E-state index is 0.0352. The van der Waals surface area contributed by atoms with Crippen LogP contribution in [0.1, 0.15) is 27.6 Å². The molecule has 1 saturated heterocycles. The van der Waals surface area contributed by atoms with E-state index in [0.717, 1.165) is 11.3 Å². The minimum atomic E-state index is -0.0634. The molecule has 0 aromatic heterocycles. The fraction of sp³-hybridized carbons (Fsp3) is 0.316. The third kappa shape index (κ3) is 3.54. The number of carbonyl (C=O) groups excluding carboxylic acids is 1. The van der Waals surface area contributed by atoms with Crippen molar-refractivity contribution in [1.82, 2.24) is 4.90 Å². The maximum absolute atomic E-state index is 12.7. The Morgan fingerprint density at radius 2 is 1.83 bits per heavy atom. The van der Waals surface area contributed by atoms with Crippen LogP contribution in [0.15, 0.2) is 48.5 Å². The Balaban J connectivity index is 1.72. The number of aryl methyl sites for hydroxylation is 1. The van der Waals surface area contributed by atoms with Crippen LogP contribution in [0.5, 0.6) is 5.75 Å². The number of amides is 1. The van der Waals surface area contributed by atoms with Gasteiger partial charge in [-0.15, -0.1) is 0 Å². The maximum atomic E-state index is 12.7. The highest BCUT2D eigenvalue weighted by Crippen LogP contribution is 2.24. The predicted octanol–water partition coefficient (Wildman–Crippen LogP) is 3.22. The van der Waals surface area contributed by atoms with E-state index in [9.17, 15) is 4.79 Å². The van der Waals surface area contributed by atoms with Crippen molar-refractivity contribution in [2.75, 3.05) is 26.8 Å². The molecule has 23 heavy (non-hydrogen) atoms. The first-order valence-corrected chi connectivity index (χ1v) is 7.79. The van der Waals surface area contributed by atoms with Gasteiger partial charge in [0.25, 0.3) is 5.91 Å². The zero-order valence-corrected chi connectivity index (χ0v) is 13.5. The van der Waals surface area contributed by atoms with Gasteiger partial charge in [-0.2, -0.15) is 0 Å². The van der Waals surface area contributed by atoms with Crippen LogP contribution < -0.4 is 4.74 Å². The monoisotopic (exact) mass is 311 g/mol. The molecule has 1 heterocycles. The van der Waals surface area contributed by atoms with E-state index in [1.54, 1.807) is 19.2 Å². The highest BCUT2D eigenvalue weighted by Gasteiger charge is 2.26. The molecule has 1 amide bonds. The summed E-state index contributed by atoms with van der Waals surface area (Å²) in [5.74, 6) is 0.786. The van der Waals surface area contributed by atoms with Crippen molar-refractivity contribution in [3.63, 3.8) is 0 Å². The minimum Gasteiger partial charge on any atom is -0.497 e. The van der Waals surface area contributed by atoms with Crippen LogP contribution in [0.25, 0.3) is 0 Å². The van der Waals surface area contributed by atoms with E-state index in [-0.39, 0.29) is 12.0 Å². The summed E-state index contributed by atoms with van der Waals surface area (Å²) < 4.78 is 11.0. The molecule has 3 rings (SSSR count). The second kappa shape index (κ2) is 6.84. The van der Waals surface area contributed by atoms with Gasteiger partial charge in [-0.05, 0) is 36.8 Å². The van der Waals surface area contributed by atoms with Crippen molar-refractivity contribution in [3.05, 3.63) is 65.2 Å². The Labute approximate surface area is 136 Å². The number of benzene rings is 2. The van der Waals surface area contributed by atoms with Crippen molar-refractivity contribution in [1.29, 1.82) is 0 Å². The van der Waals surface area contributed by atoms with Crippen molar-refractivity contribution in [3.8, 4) is 5.75 Å². The van der Waals surface area contributed by atoms with Crippen molar-refractivity contribution < 1.29 is 14.3 Å². The number of hydrogen-bond donors (Lipinski definition) is 0. The molecule has 1 atom stereocenters. The molecule has 4 nitrogen and oxygen atoms in total. The molecule has 0 bridgehead atoms. The zero-order valence-electron chi connectivity index (χ0n) is 13.5. The summed E-state index contributed by atoms with van der Waals surface area (Å²) in [7, 11) is 1.62. The first kappa shape index (κ1) is 15.6. The van der Waals surface area contributed by atoms with E-state index in [1.807, 2.05) is 17.0 Å². The van der Waals surface area contributed by atoms with Gasteiger partial charge in [0.1, 0.15) is 11.9 Å². The summed E-state index contributed by atoms with van der Waals surface area (Å²) in [6.45, 7) is 3.81. The van der Waals surface area contributed by atoms with Gasteiger partial charge in [0.15, 0.2) is 0 Å². The average Bonchev–Trinajstić information content (AvgIpc) is 2.62. The van der Waals surface area contributed by atoms with Crippen LogP contribution in [0.2, 0.25) is 0 Å². The van der Waals surface area contributed by atoms with Gasteiger partial charge in [0, 0.05) is 12.1 Å². The third-order valence-electron chi connectivity index (χ3n) is 4.14. The van der Waals surface area contributed by atoms with Gasteiger partial charge in [0.2, 0.25) is 0 Å². The maximum Gasteiger partial charge on any atom is 0.254 e. The zero-order chi connectivity index (χ0) is 16.2. The lowest BCUT2D eigenvalue weighted by molar-refractivity contribution is -0.0228. The number of rotatable bonds is 3. The Morgan fingerprint density at radius 3 is 2.48 bits per heavy atom. The highest BCUT2D eigenvalue weighted by atomic mass is 16.5. The molecule has 1 aliphatic heterocycles. The number of nitrogens with zero attached hydrogens (tertiary/aromatic N) is 1. The summed E-state index contributed by atoms with van der Waals surface area (Å²) in [6, 6.07) is 15.5. The van der Waals surface area contributed by atoms with Crippen LogP contribution in [0.3, 0.4) is 0 Å². The quantitative estimate of drug-likeness (QED) is 0.873. The number of carbonyl (C=O) groups is 1. The molecule has 120 valence electrons. The van der Waals surface area contributed by atoms with Crippen LogP contribution >= 0.6 is 0 Å². The average molecular weight is 311 g/mol. The third-order valence-corrected chi connectivity index (χ3v) is 4.14. The standard InChI is InChI=1S/C19H21NO3/c1-14-3-5-15(6-4-14)18-13-20(11-12-23-18)19(21)16-7-9-17(22-2)10-8-16/h3-10,18H,11-13H2,1-2H3. The van der Waals surface area contributed by atoms with Crippen LogP contribution in [0.4, 0.5) is 0 Å². The second-order valence-electron chi connectivity index (χ2n) is 5.75. The van der Waals surface area contributed by atoms with Gasteiger partial charge in [-0.1, -0.05) is 29.8 Å². The van der Waals surface area contributed by atoms with Crippen LogP contribution in [-0.2, 0) is 4.74 Å². The Kier molecular flexibility index (Phi) is 4.63. The van der Waals surface area contributed by atoms with Gasteiger partial charge in [-0.25, -0.2) is 0 Å². The summed E-state index contributed by atoms with van der Waals surface area (Å²) in [5.41, 5.74) is 3.01. The summed E-state index contributed by atoms with van der Waals surface area (Å²) in [6.07, 6.45) is -0.0634. The van der Waals surface area contributed by atoms with Gasteiger partial charge in [0.05, 0.1) is 20.3 Å². The predicted molar refractivity (Wildman–Crippen MR) is 88.8 cm³/mol. The van der Waals surface area contributed by atoms with Gasteiger partial charge >= 0.3 is 0 Å². The largest absolute Gasteiger partial charge is 0.497 e. The molecule has 1 aliphatic rings. The molecule has 0 spiro atoms. The molecule has 0 N–H and O–H groups in total. The smallest absolute Gasteiger partial charge is 0.254 e. The van der Waals surface area contributed by atoms with E-state index >= 15 is 0 Å². The molecule has 1 fully saturated rings. The normalized spacial score (nSPS) is 17.8. The first-order chi connectivity index (χ1) is 11.2. The fourth-order valence-corrected chi connectivity index (χ4v) is 2.73. The van der Waals surface area contributed by atoms with Crippen LogP contribution in [-0.4, -0.2) is 37.6 Å². The number of hydrogen-bond acceptors (Lipinski definition) is 3. The molecule has 1 unspecified atom stereocenters. The Hall–Kier alpha value is -2.33. The Bertz CT molecular complexity index is 664. The lowest BCUT2D eigenvalue weighted by atomic mass is 10.1. The molecule has 2 aromatic rings. The van der Waals surface area contributed by atoms with Crippen LogP contribution in [0, 0.1) is 6.92 Å². The lowest BCUT2D eigenvalue weighted by Gasteiger charge is -2.33. The summed E-state index contributed by atoms with van der Waals surface area (Å²) >= 11 is 0. The van der Waals surface area contributed by atoms with E-state index in [0.29, 0.717) is 25.3 Å². The second-order valence-corrected chi connectivity index (χ2v) is 5.75. The molecular formula is C19H21NO3. The summed E-state index contributed by atoms with van der Waals surface area (Å²) in [4.78, 5) is 14.5. The first-order valence-electron chi connectivity index (χ1n) is 7.79. The van der Waals surface area contributed by atoms with E-state index < -0.39 is 0 Å². The van der Waals surface area contributed by atoms with E-state index in [1.165, 1.54) is 5.56 Å². The van der Waals surface area contributed by atoms with Crippen molar-refractivity contribution in [2.24, 2.45) is 0 Å². The molecule has 0 aliphatic carbocycles. The topological polar surface area (TPSA) is 38.8 Å². The van der Waals surface area contributed by atoms with Gasteiger partial charge in [-0.3, -0.25) is 4.79 Å². The van der Waals surface area contributed by atoms with Crippen molar-refractivity contribution >= 4 is 5.91 Å². The fourth-order valence-electron chi connectivity index (χ4n) is 2.73. The summed E-state index contributed by atoms with van der Waals surface area (Å²) in [5, 5.41) is 0. The molecule has 4 heteroatoms. The van der Waals surface area contributed by atoms with E-state index in [2.05, 4.69) is 31.2 Å². The SMILES string of the molecule is COc1ccc(C(=O)N2CCOC(c3ccc(C)cc3)C2)cc1. The lowest BCUT2D eigenvalue weighted by Crippen LogP contribution is -2.42. The molecule has 2 aromatic carbocycles. The van der Waals surface area contributed by atoms with E-state index in [4.69, 9.17) is 9.47 Å². The molecule has 0 radical (unpaired) electrons. The Morgan fingerprint density at radius 1 is 1.13 bits per heavy atom. The van der Waals surface area contributed by atoms with Crippen molar-refractivity contribution in [2.45, 2.75) is 13.0 Å². The highest BCUT2D eigenvalue weighted by molar-refractivity contribution is 5.94. The molecular weight excluding hydrogens is 290 g/mol. The number of morpholine rings is 1. The molecule has 0 saturated carbocycles. The van der Waals surface area contributed by atoms with Gasteiger partial charge < -0.3 is 14.4 Å². The number of methoxy groups -OCH3 is 1. The number of ether oxygens (including phenoxy) is 2.